The van der Waals surface area contributed by atoms with E-state index in [2.05, 4.69) is 26.0 Å². The molecule has 0 spiro atoms. The molecule has 8 heteroatoms. The number of rotatable bonds is 4. The van der Waals surface area contributed by atoms with E-state index >= 15 is 0 Å². The van der Waals surface area contributed by atoms with Crippen molar-refractivity contribution in [3.05, 3.63) is 62.4 Å². The van der Waals surface area contributed by atoms with Gasteiger partial charge in [-0.25, -0.2) is 9.07 Å². The number of hydrogen-bond donors (Lipinski definition) is 1. The van der Waals surface area contributed by atoms with E-state index in [0.717, 1.165) is 0 Å². The average Bonchev–Trinajstić information content (AvgIpc) is 3.05. The Balaban J connectivity index is 2.09. The first-order valence-corrected chi connectivity index (χ1v) is 9.21. The van der Waals surface area contributed by atoms with E-state index in [9.17, 15) is 9.50 Å². The van der Waals surface area contributed by atoms with Crippen LogP contribution in [-0.4, -0.2) is 30.2 Å². The molecule has 0 atom stereocenters. The Morgan fingerprint density at radius 3 is 2.77 bits per heavy atom. The molecule has 26 heavy (non-hydrogen) atoms. The first-order chi connectivity index (χ1) is 12.5. The summed E-state index contributed by atoms with van der Waals surface area (Å²) in [5.41, 5.74) is 1.75. The van der Waals surface area contributed by atoms with E-state index < -0.39 is 0 Å². The molecule has 1 N–H and O–H groups in total. The third kappa shape index (κ3) is 3.56. The second-order valence-electron chi connectivity index (χ2n) is 5.22. The molecule has 3 aromatic rings. The van der Waals surface area contributed by atoms with Crippen LogP contribution in [0.2, 0.25) is 0 Å². The molecule has 1 heterocycles. The van der Waals surface area contributed by atoms with Gasteiger partial charge in [-0.1, -0.05) is 12.1 Å². The maximum Gasteiger partial charge on any atom is 0.205 e. The second kappa shape index (κ2) is 7.84. The molecule has 0 aliphatic carbocycles. The predicted molar refractivity (Wildman–Crippen MR) is 105 cm³/mol. The molecule has 5 nitrogen and oxygen atoms in total. The van der Waals surface area contributed by atoms with Crippen molar-refractivity contribution in [1.82, 2.24) is 4.68 Å². The maximum atomic E-state index is 14.2. The van der Waals surface area contributed by atoms with Crippen LogP contribution in [0.15, 0.2) is 56.3 Å². The van der Waals surface area contributed by atoms with Gasteiger partial charge < -0.3 is 9.84 Å². The second-order valence-corrected chi connectivity index (χ2v) is 6.91. The highest BCUT2D eigenvalue weighted by Gasteiger charge is 2.12. The van der Waals surface area contributed by atoms with Crippen molar-refractivity contribution in [2.75, 3.05) is 14.2 Å². The molecule has 0 unspecified atom stereocenters. The Labute approximate surface area is 161 Å². The topological polar surface area (TPSA) is 59.1 Å². The summed E-state index contributed by atoms with van der Waals surface area (Å²) in [6.45, 7) is 0. The third-order valence-corrected chi connectivity index (χ3v) is 5.13. The number of ether oxygens (including phenoxy) is 1. The van der Waals surface area contributed by atoms with Gasteiger partial charge >= 0.3 is 0 Å². The van der Waals surface area contributed by atoms with Gasteiger partial charge in [-0.05, 0) is 45.8 Å². The van der Waals surface area contributed by atoms with Crippen LogP contribution in [0, 0.1) is 5.82 Å². The molecule has 1 aromatic heterocycles. The average molecular weight is 436 g/mol. The molecule has 0 fully saturated rings. The van der Waals surface area contributed by atoms with Crippen molar-refractivity contribution in [2.45, 2.75) is 0 Å². The summed E-state index contributed by atoms with van der Waals surface area (Å²) < 4.78 is 21.4. The fraction of sp³-hybridized carbons (Fsp3) is 0.111. The van der Waals surface area contributed by atoms with Crippen LogP contribution in [0.1, 0.15) is 5.56 Å². The van der Waals surface area contributed by atoms with Crippen LogP contribution in [0.5, 0.6) is 11.5 Å². The number of nitrogens with zero attached hydrogens (tertiary/aromatic N) is 3. The largest absolute Gasteiger partial charge is 0.503 e. The normalized spacial score (nSPS) is 12.1. The quantitative estimate of drug-likeness (QED) is 0.622. The summed E-state index contributed by atoms with van der Waals surface area (Å²) in [6, 6.07) is 9.88. The fourth-order valence-corrected chi connectivity index (χ4v) is 3.62. The standard InChI is InChI=1S/C18H15BrFN3O2S/c1-21-18-23(15(10-26-18)12-5-3-4-6-14(12)20)22-9-11-7-13(19)17(24)16(8-11)25-2/h3-10,24H,1-2H3. The molecule has 0 saturated carbocycles. The Morgan fingerprint density at radius 1 is 1.31 bits per heavy atom. The van der Waals surface area contributed by atoms with Gasteiger partial charge in [0.25, 0.3) is 0 Å². The zero-order valence-electron chi connectivity index (χ0n) is 14.0. The van der Waals surface area contributed by atoms with Crippen LogP contribution in [-0.2, 0) is 0 Å². The van der Waals surface area contributed by atoms with E-state index in [4.69, 9.17) is 4.74 Å². The number of methoxy groups -OCH3 is 1. The van der Waals surface area contributed by atoms with Gasteiger partial charge in [0, 0.05) is 18.0 Å². The lowest BCUT2D eigenvalue weighted by molar-refractivity contribution is 0.372. The highest BCUT2D eigenvalue weighted by molar-refractivity contribution is 9.10. The molecule has 0 aliphatic rings. The van der Waals surface area contributed by atoms with Crippen molar-refractivity contribution in [2.24, 2.45) is 10.1 Å². The van der Waals surface area contributed by atoms with Gasteiger partial charge in [-0.15, -0.1) is 11.3 Å². The zero-order valence-corrected chi connectivity index (χ0v) is 16.4. The van der Waals surface area contributed by atoms with Gasteiger partial charge in [-0.2, -0.15) is 5.10 Å². The van der Waals surface area contributed by atoms with E-state index in [1.807, 2.05) is 5.38 Å². The summed E-state index contributed by atoms with van der Waals surface area (Å²) in [7, 11) is 3.13. The van der Waals surface area contributed by atoms with E-state index in [1.54, 1.807) is 48.3 Å². The van der Waals surface area contributed by atoms with E-state index in [-0.39, 0.29) is 11.6 Å². The lowest BCUT2D eigenvalue weighted by Crippen LogP contribution is -2.11. The Kier molecular flexibility index (Phi) is 5.53. The Morgan fingerprint density at radius 2 is 2.08 bits per heavy atom. The zero-order chi connectivity index (χ0) is 18.7. The first-order valence-electron chi connectivity index (χ1n) is 7.54. The van der Waals surface area contributed by atoms with Gasteiger partial charge in [0.2, 0.25) is 4.80 Å². The summed E-state index contributed by atoms with van der Waals surface area (Å²) in [5.74, 6) is 0.0148. The van der Waals surface area contributed by atoms with Crippen molar-refractivity contribution >= 4 is 33.5 Å². The molecule has 3 rings (SSSR count). The minimum Gasteiger partial charge on any atom is -0.503 e. The maximum absolute atomic E-state index is 14.2. The van der Waals surface area contributed by atoms with Crippen molar-refractivity contribution in [3.8, 4) is 22.8 Å². The number of aromatic hydroxyl groups is 1. The van der Waals surface area contributed by atoms with Crippen LogP contribution < -0.4 is 9.54 Å². The highest BCUT2D eigenvalue weighted by Crippen LogP contribution is 2.34. The number of thiazole rings is 1. The SMILES string of the molecule is CN=c1scc(-c2ccccc2F)n1N=Cc1cc(Br)c(O)c(OC)c1. The fourth-order valence-electron chi connectivity index (χ4n) is 2.37. The van der Waals surface area contributed by atoms with Crippen LogP contribution in [0.3, 0.4) is 0 Å². The van der Waals surface area contributed by atoms with Crippen molar-refractivity contribution in [3.63, 3.8) is 0 Å². The molecule has 0 saturated heterocycles. The first kappa shape index (κ1) is 18.3. The lowest BCUT2D eigenvalue weighted by atomic mass is 10.1. The molecular weight excluding hydrogens is 421 g/mol. The van der Waals surface area contributed by atoms with E-state index in [1.165, 1.54) is 24.5 Å². The summed E-state index contributed by atoms with van der Waals surface area (Å²) in [4.78, 5) is 4.82. The molecule has 0 amide bonds. The van der Waals surface area contributed by atoms with Gasteiger partial charge in [-0.3, -0.25) is 4.99 Å². The minimum absolute atomic E-state index is 0.0177. The molecule has 134 valence electrons. The summed E-state index contributed by atoms with van der Waals surface area (Å²) in [6.07, 6.45) is 1.60. The smallest absolute Gasteiger partial charge is 0.205 e. The Bertz CT molecular complexity index is 1040. The van der Waals surface area contributed by atoms with Crippen LogP contribution in [0.25, 0.3) is 11.3 Å². The molecule has 2 aromatic carbocycles. The highest BCUT2D eigenvalue weighted by atomic mass is 79.9. The van der Waals surface area contributed by atoms with Crippen LogP contribution >= 0.6 is 27.3 Å². The monoisotopic (exact) mass is 435 g/mol. The number of phenols is 1. The van der Waals surface area contributed by atoms with Gasteiger partial charge in [0.1, 0.15) is 5.82 Å². The molecule has 0 aliphatic heterocycles. The number of phenolic OH excluding ortho intramolecular Hbond substituents is 1. The molecule has 0 radical (unpaired) electrons. The predicted octanol–water partition coefficient (Wildman–Crippen LogP) is 4.25. The summed E-state index contributed by atoms with van der Waals surface area (Å²) in [5, 5.41) is 16.2. The third-order valence-electron chi connectivity index (χ3n) is 3.62. The molecule has 0 bridgehead atoms. The number of benzene rings is 2. The van der Waals surface area contributed by atoms with Crippen LogP contribution in [0.4, 0.5) is 4.39 Å². The van der Waals surface area contributed by atoms with Gasteiger partial charge in [0.05, 0.1) is 23.5 Å². The van der Waals surface area contributed by atoms with Crippen molar-refractivity contribution < 1.29 is 14.2 Å². The van der Waals surface area contributed by atoms with Gasteiger partial charge in [0.15, 0.2) is 11.5 Å². The lowest BCUT2D eigenvalue weighted by Gasteiger charge is -2.07. The number of aromatic nitrogens is 1. The Hall–Kier alpha value is -2.45. The number of halogens is 2. The van der Waals surface area contributed by atoms with Crippen molar-refractivity contribution in [1.29, 1.82) is 0 Å². The molecular formula is C18H15BrFN3O2S. The summed E-state index contributed by atoms with van der Waals surface area (Å²) >= 11 is 4.65. The van der Waals surface area contributed by atoms with E-state index in [0.29, 0.717) is 31.8 Å². The number of hydrogen-bond acceptors (Lipinski definition) is 5. The minimum atomic E-state index is -0.328.